The molecular formula is C18H25N3OS. The molecule has 0 saturated heterocycles. The molecule has 5 heteroatoms. The van der Waals surface area contributed by atoms with Crippen LogP contribution in [0, 0.1) is 5.92 Å². The number of hydrogen-bond donors (Lipinski definition) is 2. The van der Waals surface area contributed by atoms with Crippen molar-refractivity contribution < 1.29 is 4.74 Å². The Hall–Kier alpha value is -2.01. The van der Waals surface area contributed by atoms with E-state index in [-0.39, 0.29) is 0 Å². The van der Waals surface area contributed by atoms with E-state index >= 15 is 0 Å². The van der Waals surface area contributed by atoms with Gasteiger partial charge in [-0.15, -0.1) is 0 Å². The third-order valence-electron chi connectivity index (χ3n) is 3.25. The summed E-state index contributed by atoms with van der Waals surface area (Å²) in [6.45, 7) is 6.47. The number of nitrogens with zero attached hydrogens (tertiary/aromatic N) is 1. The second kappa shape index (κ2) is 9.20. The van der Waals surface area contributed by atoms with Gasteiger partial charge in [-0.1, -0.05) is 32.0 Å². The normalized spacial score (nSPS) is 11.6. The highest BCUT2D eigenvalue weighted by molar-refractivity contribution is 7.07. The van der Waals surface area contributed by atoms with Gasteiger partial charge in [-0.05, 0) is 34.4 Å². The van der Waals surface area contributed by atoms with Crippen molar-refractivity contribution >= 4 is 17.3 Å². The fourth-order valence-corrected chi connectivity index (χ4v) is 2.69. The fraction of sp³-hybridized carbons (Fsp3) is 0.389. The minimum atomic E-state index is 0.510. The average molecular weight is 331 g/mol. The van der Waals surface area contributed by atoms with Crippen LogP contribution >= 0.6 is 11.3 Å². The molecule has 124 valence electrons. The molecule has 1 heterocycles. The summed E-state index contributed by atoms with van der Waals surface area (Å²) in [4.78, 5) is 4.26. The van der Waals surface area contributed by atoms with E-state index in [2.05, 4.69) is 52.4 Å². The van der Waals surface area contributed by atoms with Crippen LogP contribution in [0.3, 0.4) is 0 Å². The highest BCUT2D eigenvalue weighted by Gasteiger charge is 2.05. The Morgan fingerprint density at radius 2 is 1.96 bits per heavy atom. The first kappa shape index (κ1) is 17.3. The standard InChI is InChI=1S/C18H25N3OS/c1-14(2)12-22-17-7-5-4-6-16(17)11-21-18(19-3)20-10-15-8-9-23-13-15/h4-9,13-14H,10-12H2,1-3H3,(H2,19,20,21). The molecule has 0 aliphatic rings. The number of guanidine groups is 1. The SMILES string of the molecule is CN=C(NCc1ccsc1)NCc1ccccc1OCC(C)C. The number of hydrogen-bond acceptors (Lipinski definition) is 3. The molecule has 0 saturated carbocycles. The summed E-state index contributed by atoms with van der Waals surface area (Å²) in [6.07, 6.45) is 0. The second-order valence-corrected chi connectivity index (χ2v) is 6.50. The van der Waals surface area contributed by atoms with Gasteiger partial charge < -0.3 is 15.4 Å². The van der Waals surface area contributed by atoms with Crippen molar-refractivity contribution in [1.82, 2.24) is 10.6 Å². The van der Waals surface area contributed by atoms with Gasteiger partial charge in [-0.3, -0.25) is 4.99 Å². The lowest BCUT2D eigenvalue weighted by atomic mass is 10.2. The predicted molar refractivity (Wildman–Crippen MR) is 98.1 cm³/mol. The highest BCUT2D eigenvalue weighted by atomic mass is 32.1. The molecule has 1 aromatic heterocycles. The minimum absolute atomic E-state index is 0.510. The van der Waals surface area contributed by atoms with Crippen molar-refractivity contribution in [3.05, 3.63) is 52.2 Å². The monoisotopic (exact) mass is 331 g/mol. The third kappa shape index (κ3) is 5.94. The van der Waals surface area contributed by atoms with Crippen LogP contribution in [0.5, 0.6) is 5.75 Å². The van der Waals surface area contributed by atoms with Crippen LogP contribution in [-0.2, 0) is 13.1 Å². The lowest BCUT2D eigenvalue weighted by molar-refractivity contribution is 0.268. The summed E-state index contributed by atoms with van der Waals surface area (Å²) < 4.78 is 5.88. The van der Waals surface area contributed by atoms with E-state index in [1.165, 1.54) is 5.56 Å². The number of nitrogens with one attached hydrogen (secondary N) is 2. The smallest absolute Gasteiger partial charge is 0.191 e. The van der Waals surface area contributed by atoms with E-state index in [9.17, 15) is 0 Å². The van der Waals surface area contributed by atoms with Gasteiger partial charge in [-0.25, -0.2) is 0 Å². The first-order chi connectivity index (χ1) is 11.2. The van der Waals surface area contributed by atoms with Gasteiger partial charge in [0.05, 0.1) is 6.61 Å². The summed E-state index contributed by atoms with van der Waals surface area (Å²) >= 11 is 1.70. The molecule has 4 nitrogen and oxygen atoms in total. The zero-order valence-corrected chi connectivity index (χ0v) is 14.8. The highest BCUT2D eigenvalue weighted by Crippen LogP contribution is 2.18. The molecule has 0 amide bonds. The first-order valence-corrected chi connectivity index (χ1v) is 8.79. The van der Waals surface area contributed by atoms with Crippen LogP contribution in [0.4, 0.5) is 0 Å². The van der Waals surface area contributed by atoms with Crippen LogP contribution in [0.15, 0.2) is 46.1 Å². The van der Waals surface area contributed by atoms with Crippen LogP contribution in [0.2, 0.25) is 0 Å². The maximum Gasteiger partial charge on any atom is 0.191 e. The molecule has 0 bridgehead atoms. The molecular weight excluding hydrogens is 306 g/mol. The number of para-hydroxylation sites is 1. The number of thiophene rings is 1. The van der Waals surface area contributed by atoms with Crippen molar-refractivity contribution in [2.24, 2.45) is 10.9 Å². The van der Waals surface area contributed by atoms with Gasteiger partial charge in [0.1, 0.15) is 5.75 Å². The number of ether oxygens (including phenoxy) is 1. The fourth-order valence-electron chi connectivity index (χ4n) is 2.03. The van der Waals surface area contributed by atoms with E-state index in [1.807, 2.05) is 18.2 Å². The Labute approximate surface area is 142 Å². The van der Waals surface area contributed by atoms with Crippen LogP contribution < -0.4 is 15.4 Å². The summed E-state index contributed by atoms with van der Waals surface area (Å²) in [7, 11) is 1.78. The lowest BCUT2D eigenvalue weighted by Crippen LogP contribution is -2.36. The summed E-state index contributed by atoms with van der Waals surface area (Å²) in [5.74, 6) is 2.23. The molecule has 1 aromatic carbocycles. The van der Waals surface area contributed by atoms with Crippen molar-refractivity contribution in [2.45, 2.75) is 26.9 Å². The number of aliphatic imine (C=N–C) groups is 1. The zero-order chi connectivity index (χ0) is 16.5. The Kier molecular flexibility index (Phi) is 6.94. The van der Waals surface area contributed by atoms with E-state index < -0.39 is 0 Å². The minimum Gasteiger partial charge on any atom is -0.493 e. The molecule has 0 spiro atoms. The Morgan fingerprint density at radius 3 is 2.65 bits per heavy atom. The second-order valence-electron chi connectivity index (χ2n) is 5.72. The van der Waals surface area contributed by atoms with Crippen LogP contribution in [-0.4, -0.2) is 19.6 Å². The van der Waals surface area contributed by atoms with Gasteiger partial charge in [0, 0.05) is 25.7 Å². The molecule has 0 unspecified atom stereocenters. The molecule has 0 aliphatic heterocycles. The number of benzene rings is 1. The summed E-state index contributed by atoms with van der Waals surface area (Å²) in [6, 6.07) is 10.2. The van der Waals surface area contributed by atoms with E-state index in [4.69, 9.17) is 4.74 Å². The first-order valence-electron chi connectivity index (χ1n) is 7.85. The Balaban J connectivity index is 1.88. The summed E-state index contributed by atoms with van der Waals surface area (Å²) in [5.41, 5.74) is 2.39. The van der Waals surface area contributed by atoms with Crippen molar-refractivity contribution in [2.75, 3.05) is 13.7 Å². The molecule has 2 rings (SSSR count). The van der Waals surface area contributed by atoms with Gasteiger partial charge in [-0.2, -0.15) is 11.3 Å². The van der Waals surface area contributed by atoms with E-state index in [0.717, 1.165) is 30.4 Å². The van der Waals surface area contributed by atoms with E-state index in [0.29, 0.717) is 12.5 Å². The van der Waals surface area contributed by atoms with Crippen molar-refractivity contribution in [3.8, 4) is 5.75 Å². The quantitative estimate of drug-likeness (QED) is 0.601. The van der Waals surface area contributed by atoms with Gasteiger partial charge in [0.25, 0.3) is 0 Å². The zero-order valence-electron chi connectivity index (χ0n) is 14.0. The third-order valence-corrected chi connectivity index (χ3v) is 3.99. The molecule has 0 fully saturated rings. The van der Waals surface area contributed by atoms with Gasteiger partial charge in [0.15, 0.2) is 5.96 Å². The van der Waals surface area contributed by atoms with Gasteiger partial charge in [0.2, 0.25) is 0 Å². The lowest BCUT2D eigenvalue weighted by Gasteiger charge is -2.15. The number of rotatable bonds is 7. The van der Waals surface area contributed by atoms with Crippen molar-refractivity contribution in [1.29, 1.82) is 0 Å². The van der Waals surface area contributed by atoms with Crippen LogP contribution in [0.1, 0.15) is 25.0 Å². The molecule has 2 aromatic rings. The Morgan fingerprint density at radius 1 is 1.17 bits per heavy atom. The molecule has 0 aliphatic carbocycles. The molecule has 23 heavy (non-hydrogen) atoms. The maximum atomic E-state index is 5.88. The molecule has 0 radical (unpaired) electrons. The summed E-state index contributed by atoms with van der Waals surface area (Å²) in [5, 5.41) is 10.9. The van der Waals surface area contributed by atoms with Crippen molar-refractivity contribution in [3.63, 3.8) is 0 Å². The van der Waals surface area contributed by atoms with Crippen LogP contribution in [0.25, 0.3) is 0 Å². The Bertz CT molecular complexity index is 608. The van der Waals surface area contributed by atoms with E-state index in [1.54, 1.807) is 18.4 Å². The topological polar surface area (TPSA) is 45.7 Å². The van der Waals surface area contributed by atoms with Gasteiger partial charge >= 0.3 is 0 Å². The molecule has 2 N–H and O–H groups in total. The average Bonchev–Trinajstić information content (AvgIpc) is 3.07. The molecule has 0 atom stereocenters. The maximum absolute atomic E-state index is 5.88. The largest absolute Gasteiger partial charge is 0.493 e. The predicted octanol–water partition coefficient (Wildman–Crippen LogP) is 3.65.